The highest BCUT2D eigenvalue weighted by molar-refractivity contribution is 5.74. The first-order valence-electron chi connectivity index (χ1n) is 10.3. The monoisotopic (exact) mass is 383 g/mol. The number of carbonyl (C=O) groups is 1. The number of para-hydroxylation sites is 1. The summed E-state index contributed by atoms with van der Waals surface area (Å²) in [5, 5.41) is 14.9. The fraction of sp³-hybridized carbons (Fsp3) is 0.571. The van der Waals surface area contributed by atoms with Crippen molar-refractivity contribution in [1.29, 1.82) is 0 Å². The molecule has 1 saturated carbocycles. The zero-order chi connectivity index (χ0) is 19.3. The Hall–Kier alpha value is -2.41. The van der Waals surface area contributed by atoms with Crippen LogP contribution in [0, 0.1) is 5.92 Å². The summed E-state index contributed by atoms with van der Waals surface area (Å²) in [6.45, 7) is 4.15. The summed E-state index contributed by atoms with van der Waals surface area (Å²) in [7, 11) is 0. The molecule has 0 radical (unpaired) electrons. The number of urea groups is 1. The van der Waals surface area contributed by atoms with Crippen LogP contribution in [-0.2, 0) is 11.2 Å². The lowest BCUT2D eigenvalue weighted by Gasteiger charge is -2.29. The van der Waals surface area contributed by atoms with Crippen LogP contribution in [-0.4, -0.2) is 46.6 Å². The van der Waals surface area contributed by atoms with Gasteiger partial charge in [0.15, 0.2) is 0 Å². The molecule has 1 aliphatic heterocycles. The lowest BCUT2D eigenvalue weighted by molar-refractivity contribution is 0.0419. The Morgan fingerprint density at radius 2 is 2.04 bits per heavy atom. The maximum absolute atomic E-state index is 12.2. The Morgan fingerprint density at radius 1 is 1.21 bits per heavy atom. The molecular weight excluding hydrogens is 354 g/mol. The van der Waals surface area contributed by atoms with Crippen molar-refractivity contribution in [2.45, 2.75) is 51.0 Å². The van der Waals surface area contributed by atoms with Gasteiger partial charge in [-0.15, -0.1) is 10.2 Å². The number of aryl methyl sites for hydroxylation is 1. The average Bonchev–Trinajstić information content (AvgIpc) is 3.47. The number of hydrogen-bond donors (Lipinski definition) is 2. The molecular formula is C21H29N5O2. The molecule has 2 unspecified atom stereocenters. The number of aromatic nitrogens is 3. The molecule has 2 atom stereocenters. The number of benzene rings is 1. The minimum absolute atomic E-state index is 0.0954. The van der Waals surface area contributed by atoms with E-state index >= 15 is 0 Å². The summed E-state index contributed by atoms with van der Waals surface area (Å²) >= 11 is 0. The highest BCUT2D eigenvalue weighted by Gasteiger charge is 2.30. The van der Waals surface area contributed by atoms with Gasteiger partial charge in [-0.1, -0.05) is 25.1 Å². The van der Waals surface area contributed by atoms with Crippen LogP contribution in [0.1, 0.15) is 50.2 Å². The van der Waals surface area contributed by atoms with E-state index in [2.05, 4.69) is 44.5 Å². The third kappa shape index (κ3) is 4.52. The van der Waals surface area contributed by atoms with E-state index in [9.17, 15) is 4.79 Å². The molecule has 7 heteroatoms. The van der Waals surface area contributed by atoms with Crippen molar-refractivity contribution >= 4 is 6.03 Å². The fourth-order valence-corrected chi connectivity index (χ4v) is 3.72. The first-order valence-corrected chi connectivity index (χ1v) is 10.3. The molecule has 0 spiro atoms. The smallest absolute Gasteiger partial charge is 0.315 e. The van der Waals surface area contributed by atoms with Gasteiger partial charge in [0.25, 0.3) is 0 Å². The molecule has 1 aliphatic carbocycles. The van der Waals surface area contributed by atoms with Crippen molar-refractivity contribution < 1.29 is 9.53 Å². The zero-order valence-corrected chi connectivity index (χ0v) is 16.4. The van der Waals surface area contributed by atoms with Crippen LogP contribution < -0.4 is 10.6 Å². The summed E-state index contributed by atoms with van der Waals surface area (Å²) < 4.78 is 7.62. The second-order valence-electron chi connectivity index (χ2n) is 7.87. The van der Waals surface area contributed by atoms with Crippen LogP contribution in [0.15, 0.2) is 30.3 Å². The first kappa shape index (κ1) is 18.9. The quantitative estimate of drug-likeness (QED) is 0.721. The van der Waals surface area contributed by atoms with Crippen LogP contribution in [0.25, 0.3) is 5.69 Å². The number of carbonyl (C=O) groups excluding carboxylic acids is 1. The van der Waals surface area contributed by atoms with Gasteiger partial charge in [0, 0.05) is 37.2 Å². The molecule has 1 saturated heterocycles. The molecule has 2 N–H and O–H groups in total. The average molecular weight is 383 g/mol. The Labute approximate surface area is 165 Å². The van der Waals surface area contributed by atoms with Gasteiger partial charge in [0.2, 0.25) is 0 Å². The molecule has 1 aromatic heterocycles. The van der Waals surface area contributed by atoms with E-state index in [1.165, 1.54) is 12.8 Å². The topological polar surface area (TPSA) is 81.1 Å². The highest BCUT2D eigenvalue weighted by atomic mass is 16.5. The summed E-state index contributed by atoms with van der Waals surface area (Å²) in [5.41, 5.74) is 1.11. The number of ether oxygens (including phenoxy) is 1. The zero-order valence-electron chi connectivity index (χ0n) is 16.4. The van der Waals surface area contributed by atoms with Crippen LogP contribution in [0.4, 0.5) is 4.79 Å². The van der Waals surface area contributed by atoms with Gasteiger partial charge < -0.3 is 15.4 Å². The lowest BCUT2D eigenvalue weighted by Crippen LogP contribution is -2.48. The van der Waals surface area contributed by atoms with E-state index in [0.29, 0.717) is 31.6 Å². The Morgan fingerprint density at radius 3 is 2.79 bits per heavy atom. The second-order valence-corrected chi connectivity index (χ2v) is 7.87. The van der Waals surface area contributed by atoms with Crippen molar-refractivity contribution in [2.24, 2.45) is 5.92 Å². The van der Waals surface area contributed by atoms with Gasteiger partial charge in [-0.2, -0.15) is 0 Å². The van der Waals surface area contributed by atoms with Crippen molar-refractivity contribution in [3.8, 4) is 5.69 Å². The summed E-state index contributed by atoms with van der Waals surface area (Å²) in [6, 6.07) is 10.4. The van der Waals surface area contributed by atoms with Gasteiger partial charge in [-0.05, 0) is 43.7 Å². The molecule has 1 aromatic carbocycles. The molecule has 7 nitrogen and oxygen atoms in total. The number of nitrogens with zero attached hydrogens (tertiary/aromatic N) is 3. The number of rotatable bonds is 7. The maximum Gasteiger partial charge on any atom is 0.315 e. The molecule has 28 heavy (non-hydrogen) atoms. The molecule has 4 rings (SSSR count). The minimum atomic E-state index is -0.0954. The van der Waals surface area contributed by atoms with E-state index in [4.69, 9.17) is 4.74 Å². The summed E-state index contributed by atoms with van der Waals surface area (Å²) in [5.74, 6) is 2.92. The Bertz CT molecular complexity index is 787. The molecule has 2 aliphatic rings. The van der Waals surface area contributed by atoms with Crippen LogP contribution in [0.2, 0.25) is 0 Å². The molecule has 2 heterocycles. The van der Waals surface area contributed by atoms with Crippen molar-refractivity contribution in [3.05, 3.63) is 42.0 Å². The van der Waals surface area contributed by atoms with Crippen molar-refractivity contribution in [2.75, 3.05) is 19.8 Å². The normalized spacial score (nSPS) is 22.0. The standard InChI is InChI=1S/C21H29N5O2/c1-15-14-28-13-11-18(15)23-21(27)22-12-5-8-19-24-25-20(16-9-10-16)26(19)17-6-3-2-4-7-17/h2-4,6-7,15-16,18H,5,8-14H2,1H3,(H2,22,23,27). The molecule has 2 fully saturated rings. The maximum atomic E-state index is 12.2. The van der Waals surface area contributed by atoms with Crippen molar-refractivity contribution in [3.63, 3.8) is 0 Å². The van der Waals surface area contributed by atoms with Crippen molar-refractivity contribution in [1.82, 2.24) is 25.4 Å². The van der Waals surface area contributed by atoms with E-state index < -0.39 is 0 Å². The fourth-order valence-electron chi connectivity index (χ4n) is 3.72. The minimum Gasteiger partial charge on any atom is -0.381 e. The van der Waals surface area contributed by atoms with Crippen LogP contribution in [0.3, 0.4) is 0 Å². The number of nitrogens with one attached hydrogen (secondary N) is 2. The molecule has 2 amide bonds. The van der Waals surface area contributed by atoms with E-state index in [-0.39, 0.29) is 12.1 Å². The van der Waals surface area contributed by atoms with Gasteiger partial charge >= 0.3 is 6.03 Å². The van der Waals surface area contributed by atoms with E-state index in [0.717, 1.165) is 36.6 Å². The number of amides is 2. The third-order valence-electron chi connectivity index (χ3n) is 5.53. The van der Waals surface area contributed by atoms with Gasteiger partial charge in [0.1, 0.15) is 11.6 Å². The molecule has 150 valence electrons. The predicted octanol–water partition coefficient (Wildman–Crippen LogP) is 2.80. The number of hydrogen-bond acceptors (Lipinski definition) is 4. The third-order valence-corrected chi connectivity index (χ3v) is 5.53. The first-order chi connectivity index (χ1) is 13.7. The Balaban J connectivity index is 1.30. The second kappa shape index (κ2) is 8.73. The predicted molar refractivity (Wildman–Crippen MR) is 107 cm³/mol. The van der Waals surface area contributed by atoms with Crippen LogP contribution >= 0.6 is 0 Å². The van der Waals surface area contributed by atoms with Gasteiger partial charge in [-0.3, -0.25) is 4.57 Å². The summed E-state index contributed by atoms with van der Waals surface area (Å²) in [6.07, 6.45) is 4.86. The Kier molecular flexibility index (Phi) is 5.90. The SMILES string of the molecule is CC1COCCC1NC(=O)NCCCc1nnc(C2CC2)n1-c1ccccc1. The van der Waals surface area contributed by atoms with Gasteiger partial charge in [-0.25, -0.2) is 4.79 Å². The largest absolute Gasteiger partial charge is 0.381 e. The van der Waals surface area contributed by atoms with E-state index in [1.54, 1.807) is 0 Å². The van der Waals surface area contributed by atoms with E-state index in [1.807, 2.05) is 18.2 Å². The molecule has 2 aromatic rings. The van der Waals surface area contributed by atoms with Crippen LogP contribution in [0.5, 0.6) is 0 Å². The van der Waals surface area contributed by atoms with Gasteiger partial charge in [0.05, 0.1) is 6.61 Å². The lowest BCUT2D eigenvalue weighted by atomic mass is 9.98. The summed E-state index contributed by atoms with van der Waals surface area (Å²) in [4.78, 5) is 12.2. The molecule has 0 bridgehead atoms. The highest BCUT2D eigenvalue weighted by Crippen LogP contribution is 2.40.